The first kappa shape index (κ1) is 12.8. The third-order valence-electron chi connectivity index (χ3n) is 3.87. The second kappa shape index (κ2) is 5.06. The highest BCUT2D eigenvalue weighted by Crippen LogP contribution is 2.35. The zero-order valence-electron chi connectivity index (χ0n) is 11.8. The van der Waals surface area contributed by atoms with Crippen molar-refractivity contribution in [1.82, 2.24) is 10.3 Å². The van der Waals surface area contributed by atoms with E-state index in [4.69, 9.17) is 4.98 Å². The molecule has 1 saturated heterocycles. The molecule has 3 rings (SSSR count). The lowest BCUT2D eigenvalue weighted by molar-refractivity contribution is 0.756. The van der Waals surface area contributed by atoms with Crippen LogP contribution in [0.15, 0.2) is 18.2 Å². The zero-order valence-corrected chi connectivity index (χ0v) is 12.6. The number of hydrogen-bond donors (Lipinski definition) is 1. The molecule has 2 heterocycles. The molecule has 2 aromatic rings. The normalized spacial score (nSPS) is 19.0. The van der Waals surface area contributed by atoms with Crippen molar-refractivity contribution in [3.63, 3.8) is 0 Å². The summed E-state index contributed by atoms with van der Waals surface area (Å²) in [6, 6.07) is 6.62. The molecule has 0 saturated carbocycles. The highest BCUT2D eigenvalue weighted by atomic mass is 32.1. The third kappa shape index (κ3) is 2.45. The minimum atomic E-state index is 0.613. The Hall–Kier alpha value is -1.19. The number of benzene rings is 1. The molecule has 0 spiro atoms. The van der Waals surface area contributed by atoms with Crippen molar-refractivity contribution >= 4 is 11.3 Å². The van der Waals surface area contributed by atoms with E-state index in [0.29, 0.717) is 5.92 Å². The van der Waals surface area contributed by atoms with Crippen LogP contribution < -0.4 is 5.32 Å². The predicted molar refractivity (Wildman–Crippen MR) is 82.0 cm³/mol. The lowest BCUT2D eigenvalue weighted by Crippen LogP contribution is -2.07. The summed E-state index contributed by atoms with van der Waals surface area (Å²) < 4.78 is 0. The number of rotatable bonds is 2. The summed E-state index contributed by atoms with van der Waals surface area (Å²) in [6.45, 7) is 8.72. The second-order valence-corrected chi connectivity index (χ2v) is 6.70. The first-order chi connectivity index (χ1) is 9.15. The van der Waals surface area contributed by atoms with Crippen LogP contribution in [0.2, 0.25) is 0 Å². The molecular weight excluding hydrogens is 252 g/mol. The van der Waals surface area contributed by atoms with Crippen LogP contribution in [-0.4, -0.2) is 18.1 Å². The molecule has 19 heavy (non-hydrogen) atoms. The average molecular weight is 272 g/mol. The number of aromatic nitrogens is 1. The number of nitrogens with zero attached hydrogens (tertiary/aromatic N) is 1. The van der Waals surface area contributed by atoms with E-state index in [1.54, 1.807) is 0 Å². The first-order valence-electron chi connectivity index (χ1n) is 6.91. The molecule has 1 aromatic carbocycles. The lowest BCUT2D eigenvalue weighted by atomic mass is 10.0. The topological polar surface area (TPSA) is 24.9 Å². The molecule has 0 radical (unpaired) electrons. The van der Waals surface area contributed by atoms with Crippen molar-refractivity contribution in [2.45, 2.75) is 33.1 Å². The number of hydrogen-bond acceptors (Lipinski definition) is 3. The molecule has 1 atom stereocenters. The Bertz CT molecular complexity index is 595. The Morgan fingerprint density at radius 2 is 2.11 bits per heavy atom. The van der Waals surface area contributed by atoms with E-state index in [9.17, 15) is 0 Å². The summed E-state index contributed by atoms with van der Waals surface area (Å²) in [7, 11) is 0. The van der Waals surface area contributed by atoms with Gasteiger partial charge < -0.3 is 5.32 Å². The van der Waals surface area contributed by atoms with Crippen LogP contribution in [0, 0.1) is 20.8 Å². The van der Waals surface area contributed by atoms with Gasteiger partial charge in [0.1, 0.15) is 0 Å². The maximum atomic E-state index is 4.94. The van der Waals surface area contributed by atoms with Gasteiger partial charge in [-0.3, -0.25) is 0 Å². The van der Waals surface area contributed by atoms with Gasteiger partial charge in [-0.2, -0.15) is 0 Å². The Kier molecular flexibility index (Phi) is 3.42. The van der Waals surface area contributed by atoms with Crippen LogP contribution >= 0.6 is 11.3 Å². The maximum Gasteiger partial charge on any atom is 0.0979 e. The zero-order chi connectivity index (χ0) is 13.4. The van der Waals surface area contributed by atoms with Gasteiger partial charge in [-0.05, 0) is 45.4 Å². The summed E-state index contributed by atoms with van der Waals surface area (Å²) in [5, 5.41) is 4.73. The smallest absolute Gasteiger partial charge is 0.0979 e. The largest absolute Gasteiger partial charge is 0.316 e. The molecule has 1 aromatic heterocycles. The van der Waals surface area contributed by atoms with Crippen LogP contribution in [0.4, 0.5) is 0 Å². The molecule has 1 aliphatic heterocycles. The van der Waals surface area contributed by atoms with Gasteiger partial charge in [0.25, 0.3) is 0 Å². The molecule has 1 N–H and O–H groups in total. The lowest BCUT2D eigenvalue weighted by Gasteiger charge is -2.06. The molecule has 1 aliphatic rings. The molecular formula is C16H20N2S. The fraction of sp³-hybridized carbons (Fsp3) is 0.438. The Morgan fingerprint density at radius 1 is 1.26 bits per heavy atom. The van der Waals surface area contributed by atoms with Crippen LogP contribution in [0.1, 0.15) is 33.4 Å². The van der Waals surface area contributed by atoms with Crippen molar-refractivity contribution < 1.29 is 0 Å². The maximum absolute atomic E-state index is 4.94. The van der Waals surface area contributed by atoms with Crippen LogP contribution in [-0.2, 0) is 0 Å². The number of thiazole rings is 1. The summed E-state index contributed by atoms with van der Waals surface area (Å²) in [4.78, 5) is 6.29. The fourth-order valence-corrected chi connectivity index (χ4v) is 3.77. The Morgan fingerprint density at radius 3 is 2.84 bits per heavy atom. The number of aryl methyl sites for hydroxylation is 3. The van der Waals surface area contributed by atoms with Gasteiger partial charge in [-0.1, -0.05) is 17.7 Å². The highest BCUT2D eigenvalue weighted by molar-refractivity contribution is 7.12. The van der Waals surface area contributed by atoms with Gasteiger partial charge in [-0.25, -0.2) is 4.98 Å². The SMILES string of the molecule is Cc1ccc(C)c(-c2nc(C3CCNC3)sc2C)c1. The van der Waals surface area contributed by atoms with Crippen molar-refractivity contribution in [3.8, 4) is 11.3 Å². The van der Waals surface area contributed by atoms with Crippen molar-refractivity contribution in [1.29, 1.82) is 0 Å². The Balaban J connectivity index is 2.02. The van der Waals surface area contributed by atoms with Crippen molar-refractivity contribution in [3.05, 3.63) is 39.2 Å². The quantitative estimate of drug-likeness (QED) is 0.899. The molecule has 0 bridgehead atoms. The number of nitrogens with one attached hydrogen (secondary N) is 1. The summed E-state index contributed by atoms with van der Waals surface area (Å²) in [5.74, 6) is 0.613. The summed E-state index contributed by atoms with van der Waals surface area (Å²) >= 11 is 1.87. The van der Waals surface area contributed by atoms with Gasteiger partial charge in [0.15, 0.2) is 0 Å². The van der Waals surface area contributed by atoms with Crippen molar-refractivity contribution in [2.24, 2.45) is 0 Å². The van der Waals surface area contributed by atoms with Crippen LogP contribution in [0.25, 0.3) is 11.3 Å². The van der Waals surface area contributed by atoms with E-state index in [0.717, 1.165) is 13.1 Å². The monoisotopic (exact) mass is 272 g/mol. The fourth-order valence-electron chi connectivity index (χ4n) is 2.70. The minimum absolute atomic E-state index is 0.613. The van der Waals surface area contributed by atoms with Gasteiger partial charge in [0, 0.05) is 22.9 Å². The van der Waals surface area contributed by atoms with Crippen LogP contribution in [0.3, 0.4) is 0 Å². The van der Waals surface area contributed by atoms with E-state index in [1.165, 1.54) is 38.7 Å². The molecule has 0 amide bonds. The molecule has 1 unspecified atom stereocenters. The van der Waals surface area contributed by atoms with E-state index in [-0.39, 0.29) is 0 Å². The Labute approximate surface area is 118 Å². The average Bonchev–Trinajstić information content (AvgIpc) is 3.01. The highest BCUT2D eigenvalue weighted by Gasteiger charge is 2.22. The van der Waals surface area contributed by atoms with Crippen molar-refractivity contribution in [2.75, 3.05) is 13.1 Å². The van der Waals surface area contributed by atoms with Gasteiger partial charge in [0.2, 0.25) is 0 Å². The minimum Gasteiger partial charge on any atom is -0.316 e. The van der Waals surface area contributed by atoms with E-state index in [1.807, 2.05) is 11.3 Å². The molecule has 1 fully saturated rings. The summed E-state index contributed by atoms with van der Waals surface area (Å²) in [6.07, 6.45) is 1.22. The molecule has 2 nitrogen and oxygen atoms in total. The van der Waals surface area contributed by atoms with Gasteiger partial charge in [0.05, 0.1) is 10.7 Å². The third-order valence-corrected chi connectivity index (χ3v) is 5.00. The van der Waals surface area contributed by atoms with Gasteiger partial charge in [-0.15, -0.1) is 11.3 Å². The van der Waals surface area contributed by atoms with E-state index < -0.39 is 0 Å². The van der Waals surface area contributed by atoms with E-state index in [2.05, 4.69) is 44.3 Å². The first-order valence-corrected chi connectivity index (χ1v) is 7.72. The van der Waals surface area contributed by atoms with E-state index >= 15 is 0 Å². The molecule has 3 heteroatoms. The van der Waals surface area contributed by atoms with Crippen LogP contribution in [0.5, 0.6) is 0 Å². The predicted octanol–water partition coefficient (Wildman–Crippen LogP) is 3.81. The molecule has 100 valence electrons. The van der Waals surface area contributed by atoms with Gasteiger partial charge >= 0.3 is 0 Å². The standard InChI is InChI=1S/C16H20N2S/c1-10-4-5-11(2)14(8-10)15-12(3)19-16(18-15)13-6-7-17-9-13/h4-5,8,13,17H,6-7,9H2,1-3H3. The second-order valence-electron chi connectivity index (χ2n) is 5.46. The summed E-state index contributed by atoms with van der Waals surface area (Å²) in [5.41, 5.74) is 5.10. The molecule has 0 aliphatic carbocycles.